The molecule has 0 aromatic rings. The van der Waals surface area contributed by atoms with Crippen molar-refractivity contribution < 1.29 is 9.53 Å². The third-order valence-corrected chi connectivity index (χ3v) is 15.6. The van der Waals surface area contributed by atoms with Gasteiger partial charge in [0.2, 0.25) is 0 Å². The Bertz CT molecular complexity index is 635. The Labute approximate surface area is 181 Å². The first-order chi connectivity index (χ1) is 13.2. The van der Waals surface area contributed by atoms with Crippen molar-refractivity contribution in [3.8, 4) is 0 Å². The first-order valence-electron chi connectivity index (χ1n) is 12.6. The van der Waals surface area contributed by atoms with Gasteiger partial charge in [0.05, 0.1) is 11.7 Å². The first-order valence-corrected chi connectivity index (χ1v) is 15.5. The van der Waals surface area contributed by atoms with Crippen molar-refractivity contribution in [2.45, 2.75) is 129 Å². The predicted molar refractivity (Wildman–Crippen MR) is 124 cm³/mol. The second-order valence-corrected chi connectivity index (χ2v) is 18.6. The van der Waals surface area contributed by atoms with E-state index in [1.165, 1.54) is 44.9 Å². The summed E-state index contributed by atoms with van der Waals surface area (Å²) >= 11 is 0. The lowest BCUT2D eigenvalue weighted by molar-refractivity contribution is -0.149. The van der Waals surface area contributed by atoms with Gasteiger partial charge >= 0.3 is 0 Å². The van der Waals surface area contributed by atoms with Crippen molar-refractivity contribution >= 4 is 8.32 Å². The molecule has 4 aliphatic rings. The van der Waals surface area contributed by atoms with E-state index in [1.807, 2.05) is 0 Å². The molecule has 4 rings (SSSR count). The second-order valence-electron chi connectivity index (χ2n) is 13.8. The summed E-state index contributed by atoms with van der Waals surface area (Å²) in [6.45, 7) is 19.3. The van der Waals surface area contributed by atoms with E-state index < -0.39 is 13.9 Å². The molecule has 0 radical (unpaired) electrons. The van der Waals surface area contributed by atoms with Crippen molar-refractivity contribution in [3.63, 3.8) is 0 Å². The fourth-order valence-electron chi connectivity index (χ4n) is 8.11. The summed E-state index contributed by atoms with van der Waals surface area (Å²) in [5.41, 5.74) is 0.431. The van der Waals surface area contributed by atoms with Gasteiger partial charge in [-0.2, -0.15) is 0 Å². The summed E-state index contributed by atoms with van der Waals surface area (Å²) in [5.74, 6) is 3.36. The van der Waals surface area contributed by atoms with Crippen LogP contribution in [0.5, 0.6) is 0 Å². The van der Waals surface area contributed by atoms with E-state index >= 15 is 0 Å². The quantitative estimate of drug-likeness (QED) is 0.480. The fraction of sp³-hybridized carbons (Fsp3) is 1.00. The first kappa shape index (κ1) is 22.3. The zero-order chi connectivity index (χ0) is 21.5. The largest absolute Gasteiger partial charge is 0.413 e. The molecule has 8 atom stereocenters. The molecule has 0 saturated heterocycles. The highest BCUT2D eigenvalue weighted by Crippen LogP contribution is 2.67. The molecular weight excluding hydrogens is 372 g/mol. The van der Waals surface area contributed by atoms with Crippen LogP contribution in [-0.4, -0.2) is 25.1 Å². The Morgan fingerprint density at radius 3 is 2.14 bits per heavy atom. The number of rotatable bonds is 2. The van der Waals surface area contributed by atoms with Crippen LogP contribution in [0.3, 0.4) is 0 Å². The Morgan fingerprint density at radius 2 is 1.48 bits per heavy atom. The second kappa shape index (κ2) is 6.82. The summed E-state index contributed by atoms with van der Waals surface area (Å²) < 4.78 is 7.08. The fourth-order valence-corrected chi connectivity index (χ4v) is 9.56. The lowest BCUT2D eigenvalue weighted by Gasteiger charge is -2.62. The third kappa shape index (κ3) is 3.50. The topological polar surface area (TPSA) is 29.5 Å². The normalized spacial score (nSPS) is 50.6. The van der Waals surface area contributed by atoms with Crippen LogP contribution in [0.25, 0.3) is 0 Å². The van der Waals surface area contributed by atoms with Gasteiger partial charge in [0.1, 0.15) is 0 Å². The van der Waals surface area contributed by atoms with E-state index in [4.69, 9.17) is 4.43 Å². The van der Waals surface area contributed by atoms with Gasteiger partial charge < -0.3 is 9.53 Å². The molecule has 4 saturated carbocycles. The van der Waals surface area contributed by atoms with E-state index in [-0.39, 0.29) is 0 Å². The van der Waals surface area contributed by atoms with Gasteiger partial charge in [-0.1, -0.05) is 34.6 Å². The molecule has 1 N–H and O–H groups in total. The van der Waals surface area contributed by atoms with Crippen molar-refractivity contribution in [2.24, 2.45) is 34.5 Å². The molecule has 0 aromatic heterocycles. The monoisotopic (exact) mass is 420 g/mol. The molecule has 1 unspecified atom stereocenters. The van der Waals surface area contributed by atoms with E-state index in [9.17, 15) is 5.11 Å². The summed E-state index contributed by atoms with van der Waals surface area (Å²) in [7, 11) is -1.72. The molecule has 0 aliphatic heterocycles. The van der Waals surface area contributed by atoms with Crippen LogP contribution in [0.2, 0.25) is 18.1 Å². The van der Waals surface area contributed by atoms with Crippen LogP contribution in [-0.2, 0) is 4.43 Å². The number of hydrogen-bond acceptors (Lipinski definition) is 2. The van der Waals surface area contributed by atoms with Gasteiger partial charge in [0, 0.05) is 0 Å². The van der Waals surface area contributed by atoms with Gasteiger partial charge in [-0.25, -0.2) is 0 Å². The zero-order valence-electron chi connectivity index (χ0n) is 20.6. The average Bonchev–Trinajstić information content (AvgIpc) is 2.90. The van der Waals surface area contributed by atoms with Crippen molar-refractivity contribution in [1.82, 2.24) is 0 Å². The molecule has 2 nitrogen and oxygen atoms in total. The molecule has 0 aromatic carbocycles. The molecule has 4 fully saturated rings. The Balaban J connectivity index is 1.54. The number of hydrogen-bond donors (Lipinski definition) is 1. The highest BCUT2D eigenvalue weighted by Gasteiger charge is 2.61. The molecule has 3 heteroatoms. The van der Waals surface area contributed by atoms with E-state index in [2.05, 4.69) is 54.6 Å². The van der Waals surface area contributed by atoms with Crippen LogP contribution in [0, 0.1) is 34.5 Å². The summed E-state index contributed by atoms with van der Waals surface area (Å²) in [5, 5.41) is 11.0. The maximum Gasteiger partial charge on any atom is 0.192 e. The van der Waals surface area contributed by atoms with Crippen molar-refractivity contribution in [2.75, 3.05) is 0 Å². The summed E-state index contributed by atoms with van der Waals surface area (Å²) in [6.07, 6.45) is 11.9. The van der Waals surface area contributed by atoms with Crippen molar-refractivity contribution in [1.29, 1.82) is 0 Å². The molecule has 0 amide bonds. The lowest BCUT2D eigenvalue weighted by Crippen LogP contribution is -2.56. The van der Waals surface area contributed by atoms with Gasteiger partial charge in [-0.15, -0.1) is 0 Å². The maximum atomic E-state index is 10.7. The molecule has 168 valence electrons. The highest BCUT2D eigenvalue weighted by atomic mass is 28.4. The van der Waals surface area contributed by atoms with Gasteiger partial charge in [0.25, 0.3) is 0 Å². The lowest BCUT2D eigenvalue weighted by atomic mass is 9.44. The number of fused-ring (bicyclic) bond motifs is 5. The van der Waals surface area contributed by atoms with Crippen LogP contribution >= 0.6 is 0 Å². The van der Waals surface area contributed by atoms with Crippen LogP contribution in [0.4, 0.5) is 0 Å². The van der Waals surface area contributed by atoms with E-state index in [0.717, 1.165) is 36.5 Å². The number of aliphatic hydroxyl groups is 1. The summed E-state index contributed by atoms with van der Waals surface area (Å²) in [4.78, 5) is 0. The molecular formula is C26H48O2Si. The van der Waals surface area contributed by atoms with Gasteiger partial charge in [-0.05, 0) is 117 Å². The Hall–Kier alpha value is 0.137. The third-order valence-electron chi connectivity index (χ3n) is 11.1. The molecule has 0 bridgehead atoms. The Kier molecular flexibility index (Phi) is 5.25. The van der Waals surface area contributed by atoms with Crippen LogP contribution in [0.15, 0.2) is 0 Å². The van der Waals surface area contributed by atoms with Gasteiger partial charge in [0.15, 0.2) is 8.32 Å². The highest BCUT2D eigenvalue weighted by molar-refractivity contribution is 6.74. The minimum absolute atomic E-state index is 0.295. The molecule has 0 heterocycles. The van der Waals surface area contributed by atoms with Crippen molar-refractivity contribution in [3.05, 3.63) is 0 Å². The van der Waals surface area contributed by atoms with Crippen LogP contribution < -0.4 is 0 Å². The Morgan fingerprint density at radius 1 is 0.828 bits per heavy atom. The summed E-state index contributed by atoms with van der Waals surface area (Å²) in [6, 6.07) is 0. The minimum atomic E-state index is -1.72. The maximum absolute atomic E-state index is 10.7. The molecule has 4 aliphatic carbocycles. The SMILES string of the molecule is CC(C)(C)[Si](C)(C)OC1CC[C@@H]2[C@H]3CC[C@@H]4C[C@](C)(O)CC[C@@]4(C)[C@@H]3CC[C@@]12C. The minimum Gasteiger partial charge on any atom is -0.413 e. The molecule has 29 heavy (non-hydrogen) atoms. The zero-order valence-corrected chi connectivity index (χ0v) is 21.6. The van der Waals surface area contributed by atoms with E-state index in [0.29, 0.717) is 22.0 Å². The standard InChI is InChI=1S/C26H48O2Si/c1-23(2,3)29(7,8)28-22-12-11-20-19-10-9-18-17-24(4,27)15-16-25(18,5)21(19)13-14-26(20,22)6/h18-22,27H,9-17H2,1-8H3/t18-,19-,20-,21-,22?,24-,25-,26-/m1/s1. The molecule has 0 spiro atoms. The van der Waals surface area contributed by atoms with Gasteiger partial charge in [-0.3, -0.25) is 0 Å². The van der Waals surface area contributed by atoms with Crippen LogP contribution in [0.1, 0.15) is 99.3 Å². The predicted octanol–water partition coefficient (Wildman–Crippen LogP) is 7.17. The smallest absolute Gasteiger partial charge is 0.192 e. The van der Waals surface area contributed by atoms with E-state index in [1.54, 1.807) is 0 Å². The average molecular weight is 421 g/mol.